The average Bonchev–Trinajstić information content (AvgIpc) is 2.16. The third-order valence-electron chi connectivity index (χ3n) is 2.20. The molecule has 0 bridgehead atoms. The largest absolute Gasteiger partial charge is 0.392 e. The molecule has 0 aromatic carbocycles. The van der Waals surface area contributed by atoms with Crippen LogP contribution in [0.4, 0.5) is 0 Å². The highest BCUT2D eigenvalue weighted by Gasteiger charge is 2.29. The zero-order valence-corrected chi connectivity index (χ0v) is 8.47. The van der Waals surface area contributed by atoms with Gasteiger partial charge in [0.05, 0.1) is 6.61 Å². The molecule has 3 heteroatoms. The van der Waals surface area contributed by atoms with Gasteiger partial charge in [-0.25, -0.2) is 0 Å². The van der Waals surface area contributed by atoms with E-state index in [1.807, 2.05) is 12.2 Å². The van der Waals surface area contributed by atoms with Gasteiger partial charge in [-0.05, 0) is 24.6 Å². The van der Waals surface area contributed by atoms with Crippen molar-refractivity contribution in [3.63, 3.8) is 0 Å². The van der Waals surface area contributed by atoms with Gasteiger partial charge in [0, 0.05) is 7.11 Å². The molecule has 0 amide bonds. The summed E-state index contributed by atoms with van der Waals surface area (Å²) in [4.78, 5) is 0. The van der Waals surface area contributed by atoms with Gasteiger partial charge in [0.2, 0.25) is 0 Å². The Balaban J connectivity index is 2.79. The van der Waals surface area contributed by atoms with Crippen LogP contribution in [-0.2, 0) is 4.74 Å². The normalized spacial score (nSPS) is 32.3. The third kappa shape index (κ3) is 2.54. The van der Waals surface area contributed by atoms with Crippen LogP contribution in [0.3, 0.4) is 0 Å². The molecule has 1 aliphatic rings. The molecule has 0 radical (unpaired) electrons. The number of ether oxygens (including phenoxy) is 1. The van der Waals surface area contributed by atoms with Crippen molar-refractivity contribution in [3.05, 3.63) is 36.0 Å². The predicted octanol–water partition coefficient (Wildman–Crippen LogP) is 0.797. The Labute approximate surface area is 84.0 Å². The van der Waals surface area contributed by atoms with Crippen LogP contribution in [0, 0.1) is 0 Å². The number of hydrogen-bond acceptors (Lipinski definition) is 3. The molecule has 0 heterocycles. The molecule has 1 aliphatic carbocycles. The van der Waals surface area contributed by atoms with E-state index in [9.17, 15) is 5.11 Å². The molecule has 2 N–H and O–H groups in total. The van der Waals surface area contributed by atoms with E-state index in [1.54, 1.807) is 32.3 Å². The SMILES string of the molecule is COC1C=C(/C=C/CO)C=CC1(C)O. The number of aliphatic hydroxyl groups is 2. The van der Waals surface area contributed by atoms with Crippen molar-refractivity contribution in [2.75, 3.05) is 13.7 Å². The minimum atomic E-state index is -0.953. The van der Waals surface area contributed by atoms with Crippen molar-refractivity contribution in [1.82, 2.24) is 0 Å². The minimum Gasteiger partial charge on any atom is -0.392 e. The van der Waals surface area contributed by atoms with Gasteiger partial charge in [0.1, 0.15) is 11.7 Å². The van der Waals surface area contributed by atoms with Crippen molar-refractivity contribution in [2.24, 2.45) is 0 Å². The summed E-state index contributed by atoms with van der Waals surface area (Å²) in [6.07, 6.45) is 8.41. The number of hydrogen-bond donors (Lipinski definition) is 2. The minimum absolute atomic E-state index is 0.0131. The molecule has 2 unspecified atom stereocenters. The number of rotatable bonds is 3. The van der Waals surface area contributed by atoms with Crippen LogP contribution in [0.1, 0.15) is 6.92 Å². The Morgan fingerprint density at radius 1 is 1.64 bits per heavy atom. The summed E-state index contributed by atoms with van der Waals surface area (Å²) in [6, 6.07) is 0. The van der Waals surface area contributed by atoms with Crippen LogP contribution < -0.4 is 0 Å². The van der Waals surface area contributed by atoms with E-state index in [2.05, 4.69) is 0 Å². The van der Waals surface area contributed by atoms with E-state index in [0.717, 1.165) is 5.57 Å². The van der Waals surface area contributed by atoms with Crippen LogP contribution in [0.25, 0.3) is 0 Å². The maximum atomic E-state index is 9.85. The summed E-state index contributed by atoms with van der Waals surface area (Å²) in [5.74, 6) is 0. The Morgan fingerprint density at radius 3 is 2.93 bits per heavy atom. The van der Waals surface area contributed by atoms with Gasteiger partial charge in [0.25, 0.3) is 0 Å². The number of allylic oxidation sites excluding steroid dienone is 3. The van der Waals surface area contributed by atoms with Gasteiger partial charge in [0.15, 0.2) is 0 Å². The van der Waals surface area contributed by atoms with Crippen LogP contribution in [0.5, 0.6) is 0 Å². The van der Waals surface area contributed by atoms with Crippen molar-refractivity contribution >= 4 is 0 Å². The number of methoxy groups -OCH3 is 1. The summed E-state index contributed by atoms with van der Waals surface area (Å²) < 4.78 is 5.14. The first-order valence-corrected chi connectivity index (χ1v) is 4.54. The summed E-state index contributed by atoms with van der Waals surface area (Å²) in [6.45, 7) is 1.71. The van der Waals surface area contributed by atoms with E-state index in [0.29, 0.717) is 0 Å². The van der Waals surface area contributed by atoms with Gasteiger partial charge < -0.3 is 14.9 Å². The molecule has 0 fully saturated rings. The second kappa shape index (κ2) is 4.55. The van der Waals surface area contributed by atoms with Crippen molar-refractivity contribution in [3.8, 4) is 0 Å². The smallest absolute Gasteiger partial charge is 0.110 e. The summed E-state index contributed by atoms with van der Waals surface area (Å²) in [5, 5.41) is 18.5. The van der Waals surface area contributed by atoms with Crippen LogP contribution in [0.2, 0.25) is 0 Å². The predicted molar refractivity (Wildman–Crippen MR) is 54.9 cm³/mol. The van der Waals surface area contributed by atoms with Crippen LogP contribution in [0.15, 0.2) is 36.0 Å². The molecule has 14 heavy (non-hydrogen) atoms. The van der Waals surface area contributed by atoms with Gasteiger partial charge >= 0.3 is 0 Å². The fourth-order valence-electron chi connectivity index (χ4n) is 1.37. The van der Waals surface area contributed by atoms with Gasteiger partial charge in [-0.1, -0.05) is 18.2 Å². The zero-order valence-electron chi connectivity index (χ0n) is 8.47. The highest BCUT2D eigenvalue weighted by Crippen LogP contribution is 2.23. The third-order valence-corrected chi connectivity index (χ3v) is 2.20. The number of aliphatic hydroxyl groups excluding tert-OH is 1. The molecule has 2 atom stereocenters. The average molecular weight is 196 g/mol. The highest BCUT2D eigenvalue weighted by atomic mass is 16.5. The van der Waals surface area contributed by atoms with E-state index >= 15 is 0 Å². The lowest BCUT2D eigenvalue weighted by atomic mass is 9.91. The van der Waals surface area contributed by atoms with Crippen LogP contribution in [-0.4, -0.2) is 35.6 Å². The monoisotopic (exact) mass is 196 g/mol. The first kappa shape index (κ1) is 11.2. The molecular formula is C11H16O3. The molecule has 0 spiro atoms. The lowest BCUT2D eigenvalue weighted by Gasteiger charge is -2.29. The van der Waals surface area contributed by atoms with E-state index in [-0.39, 0.29) is 12.7 Å². The second-order valence-corrected chi connectivity index (χ2v) is 3.47. The molecule has 3 nitrogen and oxygen atoms in total. The van der Waals surface area contributed by atoms with Gasteiger partial charge in [-0.3, -0.25) is 0 Å². The fourth-order valence-corrected chi connectivity index (χ4v) is 1.37. The molecule has 78 valence electrons. The Kier molecular flexibility index (Phi) is 3.63. The summed E-state index contributed by atoms with van der Waals surface area (Å²) in [7, 11) is 1.56. The lowest BCUT2D eigenvalue weighted by molar-refractivity contribution is -0.0259. The van der Waals surface area contributed by atoms with Crippen LogP contribution >= 0.6 is 0 Å². The van der Waals surface area contributed by atoms with Gasteiger partial charge in [-0.15, -0.1) is 0 Å². The van der Waals surface area contributed by atoms with Crippen molar-refractivity contribution < 1.29 is 14.9 Å². The molecule has 0 aromatic heterocycles. The quantitative estimate of drug-likeness (QED) is 0.702. The first-order chi connectivity index (χ1) is 6.60. The Bertz CT molecular complexity index is 274. The van der Waals surface area contributed by atoms with E-state index in [1.165, 1.54) is 0 Å². The van der Waals surface area contributed by atoms with E-state index in [4.69, 9.17) is 9.84 Å². The van der Waals surface area contributed by atoms with Gasteiger partial charge in [-0.2, -0.15) is 0 Å². The maximum Gasteiger partial charge on any atom is 0.110 e. The Hall–Kier alpha value is -0.900. The second-order valence-electron chi connectivity index (χ2n) is 3.47. The van der Waals surface area contributed by atoms with E-state index < -0.39 is 5.60 Å². The highest BCUT2D eigenvalue weighted by molar-refractivity contribution is 5.38. The summed E-state index contributed by atoms with van der Waals surface area (Å²) in [5.41, 5.74) is -0.0249. The molecule has 0 aliphatic heterocycles. The molecule has 0 aromatic rings. The maximum absolute atomic E-state index is 9.85. The van der Waals surface area contributed by atoms with Crippen molar-refractivity contribution in [2.45, 2.75) is 18.6 Å². The molecule has 0 saturated carbocycles. The topological polar surface area (TPSA) is 49.7 Å². The first-order valence-electron chi connectivity index (χ1n) is 4.54. The fraction of sp³-hybridized carbons (Fsp3) is 0.455. The standard InChI is InChI=1S/C11H16O3/c1-11(13)6-5-9(4-3-7-12)8-10(11)14-2/h3-6,8,10,12-13H,7H2,1-2H3/b4-3+. The molecular weight excluding hydrogens is 180 g/mol. The molecule has 1 rings (SSSR count). The lowest BCUT2D eigenvalue weighted by Crippen LogP contribution is -2.38. The Morgan fingerprint density at radius 2 is 2.36 bits per heavy atom. The molecule has 0 saturated heterocycles. The van der Waals surface area contributed by atoms with Crippen molar-refractivity contribution in [1.29, 1.82) is 0 Å². The zero-order chi connectivity index (χ0) is 10.6. The summed E-state index contributed by atoms with van der Waals surface area (Å²) >= 11 is 0.